The molecule has 1 unspecified atom stereocenters. The third-order valence-electron chi connectivity index (χ3n) is 4.20. The Morgan fingerprint density at radius 1 is 1.16 bits per heavy atom. The van der Waals surface area contributed by atoms with Crippen molar-refractivity contribution in [3.8, 4) is 5.75 Å². The van der Waals surface area contributed by atoms with Gasteiger partial charge in [-0.05, 0) is 62.1 Å². The molecular weight excluding hydrogens is 236 g/mol. The average Bonchev–Trinajstić information content (AvgIpc) is 2.40. The Morgan fingerprint density at radius 2 is 1.79 bits per heavy atom. The van der Waals surface area contributed by atoms with E-state index < -0.39 is 6.29 Å². The lowest BCUT2D eigenvalue weighted by Gasteiger charge is -2.28. The molecule has 0 spiro atoms. The highest BCUT2D eigenvalue weighted by atomic mass is 16.6. The highest BCUT2D eigenvalue weighted by molar-refractivity contribution is 5.29. The van der Waals surface area contributed by atoms with Crippen LogP contribution in [0.2, 0.25) is 0 Å². The largest absolute Gasteiger partial charge is 0.465 e. The van der Waals surface area contributed by atoms with Gasteiger partial charge in [0.2, 0.25) is 0 Å². The van der Waals surface area contributed by atoms with E-state index in [-0.39, 0.29) is 0 Å². The van der Waals surface area contributed by atoms with Crippen molar-refractivity contribution in [1.82, 2.24) is 0 Å². The molecule has 106 valence electrons. The summed E-state index contributed by atoms with van der Waals surface area (Å²) in [6.45, 7) is 3.91. The molecule has 2 nitrogen and oxygen atoms in total. The molecule has 0 aliphatic heterocycles. The standard InChI is InChI=1S/C17H26O2/c1-3-4-14-5-7-15(8-6-14)16-9-11-17(12-10-16)19-13(2)18/h9-15,18H,3-8H2,1-2H3. The van der Waals surface area contributed by atoms with Gasteiger partial charge in [-0.3, -0.25) is 0 Å². The summed E-state index contributed by atoms with van der Waals surface area (Å²) in [5, 5.41) is 9.18. The molecule has 1 aliphatic carbocycles. The lowest BCUT2D eigenvalue weighted by molar-refractivity contribution is -0.000309. The molecule has 1 fully saturated rings. The van der Waals surface area contributed by atoms with Gasteiger partial charge >= 0.3 is 0 Å². The van der Waals surface area contributed by atoms with E-state index in [1.54, 1.807) is 6.92 Å². The van der Waals surface area contributed by atoms with Gasteiger partial charge in [-0.1, -0.05) is 31.9 Å². The quantitative estimate of drug-likeness (QED) is 0.793. The fourth-order valence-electron chi connectivity index (χ4n) is 3.21. The Labute approximate surface area is 116 Å². The zero-order valence-electron chi connectivity index (χ0n) is 12.1. The number of ether oxygens (including phenoxy) is 1. The molecule has 0 amide bonds. The molecule has 19 heavy (non-hydrogen) atoms. The molecule has 1 aliphatic rings. The molecule has 0 aromatic heterocycles. The lowest BCUT2D eigenvalue weighted by Crippen LogP contribution is -2.13. The van der Waals surface area contributed by atoms with Crippen LogP contribution in [-0.4, -0.2) is 11.4 Å². The van der Waals surface area contributed by atoms with Crippen molar-refractivity contribution in [3.63, 3.8) is 0 Å². The number of aliphatic hydroxyl groups is 1. The van der Waals surface area contributed by atoms with E-state index in [2.05, 4.69) is 19.1 Å². The first-order chi connectivity index (χ1) is 9.19. The second kappa shape index (κ2) is 6.95. The Bertz CT molecular complexity index is 361. The number of benzene rings is 1. The minimum atomic E-state index is -0.740. The van der Waals surface area contributed by atoms with E-state index in [0.29, 0.717) is 5.92 Å². The summed E-state index contributed by atoms with van der Waals surface area (Å²) < 4.78 is 5.26. The van der Waals surface area contributed by atoms with Gasteiger partial charge in [0.05, 0.1) is 0 Å². The van der Waals surface area contributed by atoms with Gasteiger partial charge in [-0.25, -0.2) is 0 Å². The first-order valence-electron chi connectivity index (χ1n) is 7.63. The number of aliphatic hydroxyl groups excluding tert-OH is 1. The second-order valence-corrected chi connectivity index (χ2v) is 5.79. The van der Waals surface area contributed by atoms with E-state index in [9.17, 15) is 5.11 Å². The summed E-state index contributed by atoms with van der Waals surface area (Å²) in [5.74, 6) is 2.42. The predicted molar refractivity (Wildman–Crippen MR) is 78.4 cm³/mol. The molecule has 1 N–H and O–H groups in total. The Hall–Kier alpha value is -1.02. The maximum atomic E-state index is 9.18. The van der Waals surface area contributed by atoms with E-state index >= 15 is 0 Å². The Balaban J connectivity index is 1.89. The zero-order chi connectivity index (χ0) is 13.7. The highest BCUT2D eigenvalue weighted by Gasteiger charge is 2.21. The predicted octanol–water partition coefficient (Wildman–Crippen LogP) is 4.48. The van der Waals surface area contributed by atoms with Gasteiger partial charge in [0, 0.05) is 0 Å². The van der Waals surface area contributed by atoms with Gasteiger partial charge < -0.3 is 9.84 Å². The van der Waals surface area contributed by atoms with Gasteiger partial charge in [-0.15, -0.1) is 0 Å². The van der Waals surface area contributed by atoms with Crippen molar-refractivity contribution in [2.75, 3.05) is 0 Å². The third kappa shape index (κ3) is 4.24. The molecule has 2 heteroatoms. The molecule has 1 aromatic carbocycles. The number of rotatable bonds is 5. The highest BCUT2D eigenvalue weighted by Crippen LogP contribution is 2.37. The summed E-state index contributed by atoms with van der Waals surface area (Å²) in [5.41, 5.74) is 1.42. The molecule has 1 saturated carbocycles. The SMILES string of the molecule is CCCC1CCC(c2ccc(OC(C)O)cc2)CC1. The van der Waals surface area contributed by atoms with Crippen LogP contribution in [0.4, 0.5) is 0 Å². The number of hydrogen-bond donors (Lipinski definition) is 1. The first kappa shape index (κ1) is 14.4. The molecule has 0 bridgehead atoms. The molecule has 2 rings (SSSR count). The van der Waals surface area contributed by atoms with Crippen molar-refractivity contribution < 1.29 is 9.84 Å². The smallest absolute Gasteiger partial charge is 0.194 e. The van der Waals surface area contributed by atoms with Crippen LogP contribution >= 0.6 is 0 Å². The minimum absolute atomic E-state index is 0.716. The summed E-state index contributed by atoms with van der Waals surface area (Å²) in [7, 11) is 0. The van der Waals surface area contributed by atoms with Gasteiger partial charge in [0.25, 0.3) is 0 Å². The van der Waals surface area contributed by atoms with Crippen molar-refractivity contribution >= 4 is 0 Å². The molecule has 1 atom stereocenters. The van der Waals surface area contributed by atoms with Crippen molar-refractivity contribution in [3.05, 3.63) is 29.8 Å². The Morgan fingerprint density at radius 3 is 2.32 bits per heavy atom. The van der Waals surface area contributed by atoms with Crippen LogP contribution in [-0.2, 0) is 0 Å². The van der Waals surface area contributed by atoms with Crippen LogP contribution in [0, 0.1) is 5.92 Å². The molecule has 0 saturated heterocycles. The van der Waals surface area contributed by atoms with Crippen LogP contribution in [0.5, 0.6) is 5.75 Å². The molecule has 1 aromatic rings. The maximum absolute atomic E-state index is 9.18. The van der Waals surface area contributed by atoms with Crippen molar-refractivity contribution in [2.45, 2.75) is 64.6 Å². The maximum Gasteiger partial charge on any atom is 0.194 e. The monoisotopic (exact) mass is 262 g/mol. The third-order valence-corrected chi connectivity index (χ3v) is 4.20. The Kier molecular flexibility index (Phi) is 5.26. The van der Waals surface area contributed by atoms with Crippen LogP contribution < -0.4 is 4.74 Å². The van der Waals surface area contributed by atoms with Gasteiger partial charge in [0.1, 0.15) is 5.75 Å². The van der Waals surface area contributed by atoms with Crippen molar-refractivity contribution in [1.29, 1.82) is 0 Å². The molecule has 0 heterocycles. The van der Waals surface area contributed by atoms with Crippen LogP contribution in [0.25, 0.3) is 0 Å². The van der Waals surface area contributed by atoms with Crippen LogP contribution in [0.3, 0.4) is 0 Å². The minimum Gasteiger partial charge on any atom is -0.465 e. The number of hydrogen-bond acceptors (Lipinski definition) is 2. The summed E-state index contributed by atoms with van der Waals surface area (Å²) in [6, 6.07) is 8.26. The second-order valence-electron chi connectivity index (χ2n) is 5.79. The fraction of sp³-hybridized carbons (Fsp3) is 0.647. The first-order valence-corrected chi connectivity index (χ1v) is 7.63. The molecular formula is C17H26O2. The molecule has 0 radical (unpaired) electrons. The fourth-order valence-corrected chi connectivity index (χ4v) is 3.21. The topological polar surface area (TPSA) is 29.5 Å². The van der Waals surface area contributed by atoms with Crippen LogP contribution in [0.1, 0.15) is 63.9 Å². The van der Waals surface area contributed by atoms with E-state index in [4.69, 9.17) is 4.74 Å². The van der Waals surface area contributed by atoms with Gasteiger partial charge in [0.15, 0.2) is 6.29 Å². The van der Waals surface area contributed by atoms with E-state index in [0.717, 1.165) is 11.7 Å². The van der Waals surface area contributed by atoms with Crippen molar-refractivity contribution in [2.24, 2.45) is 5.92 Å². The average molecular weight is 262 g/mol. The lowest BCUT2D eigenvalue weighted by atomic mass is 9.77. The zero-order valence-corrected chi connectivity index (χ0v) is 12.1. The summed E-state index contributed by atoms with van der Waals surface area (Å²) in [6.07, 6.45) is 7.38. The van der Waals surface area contributed by atoms with E-state index in [1.807, 2.05) is 12.1 Å². The summed E-state index contributed by atoms with van der Waals surface area (Å²) >= 11 is 0. The van der Waals surface area contributed by atoms with Crippen LogP contribution in [0.15, 0.2) is 24.3 Å². The van der Waals surface area contributed by atoms with E-state index in [1.165, 1.54) is 44.1 Å². The normalized spacial score (nSPS) is 25.0. The van der Waals surface area contributed by atoms with Gasteiger partial charge in [-0.2, -0.15) is 0 Å². The summed E-state index contributed by atoms with van der Waals surface area (Å²) in [4.78, 5) is 0.